The molecule has 168 valence electrons. The average molecular weight is 429 g/mol. The highest BCUT2D eigenvalue weighted by Gasteiger charge is 2.52. The molecule has 1 N–H and O–H groups in total. The van der Waals surface area contributed by atoms with Crippen LogP contribution in [0, 0.1) is 5.92 Å². The molecule has 1 aliphatic heterocycles. The predicted molar refractivity (Wildman–Crippen MR) is 97.4 cm³/mol. The fourth-order valence-electron chi connectivity index (χ4n) is 3.27. The van der Waals surface area contributed by atoms with Crippen molar-refractivity contribution in [3.05, 3.63) is 0 Å². The highest BCUT2D eigenvalue weighted by molar-refractivity contribution is 5.80. The van der Waals surface area contributed by atoms with Crippen molar-refractivity contribution in [3.63, 3.8) is 0 Å². The van der Waals surface area contributed by atoms with Gasteiger partial charge in [0, 0.05) is 33.6 Å². The smallest absolute Gasteiger partial charge is 0.305 e. The normalized spacial score (nSPS) is 28.5. The zero-order valence-corrected chi connectivity index (χ0v) is 17.4. The molecule has 1 amide bonds. The lowest BCUT2D eigenvalue weighted by Gasteiger charge is -2.45. The van der Waals surface area contributed by atoms with Crippen LogP contribution >= 0.6 is 0 Å². The van der Waals surface area contributed by atoms with Crippen molar-refractivity contribution in [3.8, 4) is 0 Å². The quantitative estimate of drug-likeness (QED) is 0.433. The molecule has 30 heavy (non-hydrogen) atoms. The van der Waals surface area contributed by atoms with Gasteiger partial charge in [-0.1, -0.05) is 6.42 Å². The minimum Gasteiger partial charge on any atom is -0.463 e. The third kappa shape index (κ3) is 6.41. The topological polar surface area (TPSA) is 144 Å². The van der Waals surface area contributed by atoms with Crippen molar-refractivity contribution in [2.75, 3.05) is 6.61 Å². The monoisotopic (exact) mass is 429 g/mol. The van der Waals surface area contributed by atoms with Gasteiger partial charge in [0.1, 0.15) is 18.8 Å². The maximum absolute atomic E-state index is 12.6. The number of esters is 4. The second-order valence-corrected chi connectivity index (χ2v) is 7.27. The summed E-state index contributed by atoms with van der Waals surface area (Å²) in [5.74, 6) is -3.27. The molecule has 0 bridgehead atoms. The van der Waals surface area contributed by atoms with E-state index in [-0.39, 0.29) is 18.4 Å². The van der Waals surface area contributed by atoms with Crippen molar-refractivity contribution in [1.29, 1.82) is 0 Å². The predicted octanol–water partition coefficient (Wildman–Crippen LogP) is -0.0142. The molecule has 2 aliphatic rings. The Morgan fingerprint density at radius 1 is 0.833 bits per heavy atom. The van der Waals surface area contributed by atoms with Gasteiger partial charge in [-0.05, 0) is 12.8 Å². The van der Waals surface area contributed by atoms with E-state index in [0.29, 0.717) is 12.8 Å². The lowest BCUT2D eigenvalue weighted by Crippen LogP contribution is -2.67. The molecule has 1 saturated heterocycles. The van der Waals surface area contributed by atoms with Crippen LogP contribution in [0.5, 0.6) is 0 Å². The van der Waals surface area contributed by atoms with E-state index < -0.39 is 54.5 Å². The number of amides is 1. The molecule has 0 aromatic rings. The Morgan fingerprint density at radius 2 is 1.40 bits per heavy atom. The van der Waals surface area contributed by atoms with Gasteiger partial charge < -0.3 is 29.0 Å². The van der Waals surface area contributed by atoms with Gasteiger partial charge in [0.25, 0.3) is 0 Å². The summed E-state index contributed by atoms with van der Waals surface area (Å²) in [6.45, 7) is 4.26. The Labute approximate surface area is 173 Å². The third-order valence-electron chi connectivity index (χ3n) is 4.77. The van der Waals surface area contributed by atoms with Crippen LogP contribution in [0.1, 0.15) is 47.0 Å². The minimum absolute atomic E-state index is 0.216. The molecule has 0 spiro atoms. The summed E-state index contributed by atoms with van der Waals surface area (Å²) in [6.07, 6.45) is -2.60. The Bertz CT molecular complexity index is 689. The number of hydrogen-bond acceptors (Lipinski definition) is 10. The van der Waals surface area contributed by atoms with Gasteiger partial charge in [-0.25, -0.2) is 0 Å². The van der Waals surface area contributed by atoms with Crippen LogP contribution in [0.3, 0.4) is 0 Å². The molecule has 1 aliphatic carbocycles. The van der Waals surface area contributed by atoms with Crippen LogP contribution in [0.15, 0.2) is 0 Å². The molecule has 1 saturated carbocycles. The zero-order chi connectivity index (χ0) is 22.4. The van der Waals surface area contributed by atoms with Crippen LogP contribution in [0.4, 0.5) is 0 Å². The minimum atomic E-state index is -1.36. The van der Waals surface area contributed by atoms with Gasteiger partial charge in [0.2, 0.25) is 12.2 Å². The first-order valence-corrected chi connectivity index (χ1v) is 9.69. The molecule has 1 heterocycles. The molecule has 11 nitrogen and oxygen atoms in total. The Kier molecular flexibility index (Phi) is 8.16. The lowest BCUT2D eigenvalue weighted by molar-refractivity contribution is -0.271. The summed E-state index contributed by atoms with van der Waals surface area (Å²) in [7, 11) is 0. The first-order chi connectivity index (χ1) is 14.1. The summed E-state index contributed by atoms with van der Waals surface area (Å²) >= 11 is 0. The molecule has 1 unspecified atom stereocenters. The number of carbonyl (C=O) groups is 5. The van der Waals surface area contributed by atoms with E-state index in [1.54, 1.807) is 0 Å². The fraction of sp³-hybridized carbons (Fsp3) is 0.737. The zero-order valence-electron chi connectivity index (χ0n) is 17.4. The van der Waals surface area contributed by atoms with Gasteiger partial charge in [-0.2, -0.15) is 0 Å². The SMILES string of the molecule is CC(=O)OC[C@H]1OC(OC(C)=O)[C@H](NC(=O)C2CCC2)[C@@H](OC(C)=O)[C@@H]1OC(C)=O. The molecule has 0 aromatic carbocycles. The maximum Gasteiger partial charge on any atom is 0.305 e. The maximum atomic E-state index is 12.6. The van der Waals surface area contributed by atoms with E-state index >= 15 is 0 Å². The number of hydrogen-bond donors (Lipinski definition) is 1. The Hall–Kier alpha value is -2.69. The summed E-state index contributed by atoms with van der Waals surface area (Å²) < 4.78 is 26.5. The van der Waals surface area contributed by atoms with Gasteiger partial charge in [0.05, 0.1) is 0 Å². The Balaban J connectivity index is 2.36. The fourth-order valence-corrected chi connectivity index (χ4v) is 3.27. The molecule has 2 rings (SSSR count). The number of rotatable bonds is 7. The number of ether oxygens (including phenoxy) is 5. The Morgan fingerprint density at radius 3 is 1.87 bits per heavy atom. The van der Waals surface area contributed by atoms with Crippen molar-refractivity contribution in [1.82, 2.24) is 5.32 Å². The van der Waals surface area contributed by atoms with Crippen molar-refractivity contribution in [2.24, 2.45) is 5.92 Å². The lowest BCUT2D eigenvalue weighted by atomic mass is 9.84. The molecule has 5 atom stereocenters. The van der Waals surface area contributed by atoms with Gasteiger partial charge in [-0.15, -0.1) is 0 Å². The third-order valence-corrected chi connectivity index (χ3v) is 4.77. The van der Waals surface area contributed by atoms with Crippen LogP contribution < -0.4 is 5.32 Å². The van der Waals surface area contributed by atoms with E-state index in [9.17, 15) is 24.0 Å². The highest BCUT2D eigenvalue weighted by atomic mass is 16.7. The van der Waals surface area contributed by atoms with Crippen molar-refractivity contribution >= 4 is 29.8 Å². The molecule has 2 fully saturated rings. The molecule has 11 heteroatoms. The van der Waals surface area contributed by atoms with Gasteiger partial charge in [-0.3, -0.25) is 24.0 Å². The van der Waals surface area contributed by atoms with Crippen molar-refractivity contribution in [2.45, 2.75) is 77.6 Å². The van der Waals surface area contributed by atoms with Crippen LogP contribution in [0.2, 0.25) is 0 Å². The van der Waals surface area contributed by atoms with Crippen LogP contribution in [-0.2, 0) is 47.7 Å². The molecule has 0 radical (unpaired) electrons. The van der Waals surface area contributed by atoms with Crippen LogP contribution in [-0.4, -0.2) is 67.0 Å². The first kappa shape index (κ1) is 23.6. The molecular weight excluding hydrogens is 402 g/mol. The second-order valence-electron chi connectivity index (χ2n) is 7.27. The largest absolute Gasteiger partial charge is 0.463 e. The first-order valence-electron chi connectivity index (χ1n) is 9.69. The van der Waals surface area contributed by atoms with E-state index in [0.717, 1.165) is 27.2 Å². The van der Waals surface area contributed by atoms with Crippen molar-refractivity contribution < 1.29 is 47.7 Å². The van der Waals surface area contributed by atoms with E-state index in [1.165, 1.54) is 6.92 Å². The van der Waals surface area contributed by atoms with Gasteiger partial charge >= 0.3 is 23.9 Å². The number of carbonyl (C=O) groups excluding carboxylic acids is 5. The summed E-state index contributed by atoms with van der Waals surface area (Å²) in [4.78, 5) is 58.9. The second kappa shape index (κ2) is 10.4. The summed E-state index contributed by atoms with van der Waals surface area (Å²) in [5, 5.41) is 2.70. The van der Waals surface area contributed by atoms with Gasteiger partial charge in [0.15, 0.2) is 12.2 Å². The molecule has 0 aromatic heterocycles. The van der Waals surface area contributed by atoms with E-state index in [2.05, 4.69) is 5.32 Å². The van der Waals surface area contributed by atoms with E-state index in [4.69, 9.17) is 23.7 Å². The number of nitrogens with one attached hydrogen (secondary N) is 1. The molecular formula is C19H27NO10. The van der Waals surface area contributed by atoms with Crippen LogP contribution in [0.25, 0.3) is 0 Å². The highest BCUT2D eigenvalue weighted by Crippen LogP contribution is 2.30. The summed E-state index contributed by atoms with van der Waals surface area (Å²) in [5.41, 5.74) is 0. The summed E-state index contributed by atoms with van der Waals surface area (Å²) in [6, 6.07) is -1.14. The van der Waals surface area contributed by atoms with E-state index in [1.807, 2.05) is 0 Å². The standard InChI is InChI=1S/C19H27NO10/c1-9(21)26-8-14-16(27-10(2)22)17(28-11(3)23)15(19(30-14)29-12(4)24)20-18(25)13-6-5-7-13/h13-17,19H,5-8H2,1-4H3,(H,20,25)/t14-,15-,16-,17-,19?/m1/s1. The average Bonchev–Trinajstić information content (AvgIpc) is 2.55.